The summed E-state index contributed by atoms with van der Waals surface area (Å²) in [6, 6.07) is -0.0526. The van der Waals surface area contributed by atoms with Gasteiger partial charge in [0.1, 0.15) is 5.56 Å². The number of nitrogens with one attached hydrogen (secondary N) is 1. The number of nitrogens with zero attached hydrogens (tertiary/aromatic N) is 3. The van der Waals surface area contributed by atoms with Crippen molar-refractivity contribution in [2.24, 2.45) is 5.10 Å². The van der Waals surface area contributed by atoms with Crippen molar-refractivity contribution in [3.05, 3.63) is 26.4 Å². The van der Waals surface area contributed by atoms with Crippen molar-refractivity contribution in [3.63, 3.8) is 0 Å². The van der Waals surface area contributed by atoms with Gasteiger partial charge in [0.05, 0.1) is 5.71 Å². The van der Waals surface area contributed by atoms with Crippen LogP contribution in [0.2, 0.25) is 0 Å². The predicted octanol–water partition coefficient (Wildman–Crippen LogP) is 2.74. The van der Waals surface area contributed by atoms with Gasteiger partial charge in [-0.05, 0) is 32.1 Å². The average Bonchev–Trinajstić information content (AvgIpc) is 2.90. The fourth-order valence-electron chi connectivity index (χ4n) is 4.10. The molecule has 26 heavy (non-hydrogen) atoms. The van der Waals surface area contributed by atoms with Crippen molar-refractivity contribution in [1.29, 1.82) is 0 Å². The maximum atomic E-state index is 12.5. The largest absolute Gasteiger partial charge is 0.494 e. The highest BCUT2D eigenvalue weighted by Gasteiger charge is 2.25. The molecule has 1 aliphatic carbocycles. The Bertz CT molecular complexity index is 751. The summed E-state index contributed by atoms with van der Waals surface area (Å²) in [6.45, 7) is 3.65. The van der Waals surface area contributed by atoms with Gasteiger partial charge in [-0.15, -0.1) is 0 Å². The van der Waals surface area contributed by atoms with E-state index in [0.29, 0.717) is 12.1 Å². The number of aromatic hydroxyl groups is 1. The Kier molecular flexibility index (Phi) is 6.16. The molecule has 0 amide bonds. The molecule has 0 aromatic carbocycles. The van der Waals surface area contributed by atoms with Crippen LogP contribution in [0.3, 0.4) is 0 Å². The van der Waals surface area contributed by atoms with Crippen molar-refractivity contribution >= 4 is 5.71 Å². The smallest absolute Gasteiger partial charge is 0.331 e. The Hall–Kier alpha value is -2.05. The molecule has 7 nitrogen and oxygen atoms in total. The molecule has 0 atom stereocenters. The molecule has 2 aliphatic rings. The van der Waals surface area contributed by atoms with Crippen molar-refractivity contribution in [2.75, 3.05) is 13.1 Å². The van der Waals surface area contributed by atoms with E-state index < -0.39 is 11.2 Å². The van der Waals surface area contributed by atoms with Gasteiger partial charge in [0, 0.05) is 19.1 Å². The molecule has 7 heteroatoms. The molecular weight excluding hydrogens is 332 g/mol. The quantitative estimate of drug-likeness (QED) is 0.806. The van der Waals surface area contributed by atoms with Crippen LogP contribution in [0.1, 0.15) is 82.7 Å². The monoisotopic (exact) mass is 362 g/mol. The van der Waals surface area contributed by atoms with E-state index in [-0.39, 0.29) is 17.5 Å². The number of aromatic nitrogens is 2. The third kappa shape index (κ3) is 4.02. The fraction of sp³-hybridized carbons (Fsp3) is 0.737. The number of aromatic amines is 1. The standard InChI is InChI=1S/C19H30N4O3/c1-2-15(21-22-12-8-3-4-9-13-22)16-17(24)20-19(26)23(18(16)25)14-10-6-5-7-11-14/h14,25H,2-13H2,1H3,(H,20,24,26)/b21-15+. The molecule has 2 fully saturated rings. The molecule has 1 saturated heterocycles. The molecule has 2 N–H and O–H groups in total. The average molecular weight is 362 g/mol. The summed E-state index contributed by atoms with van der Waals surface area (Å²) in [4.78, 5) is 27.2. The van der Waals surface area contributed by atoms with Crippen LogP contribution < -0.4 is 11.2 Å². The first-order valence-corrected chi connectivity index (χ1v) is 10.0. The van der Waals surface area contributed by atoms with Crippen LogP contribution in [0.15, 0.2) is 14.7 Å². The van der Waals surface area contributed by atoms with E-state index in [1.165, 1.54) is 17.4 Å². The summed E-state index contributed by atoms with van der Waals surface area (Å²) in [5.41, 5.74) is -0.361. The molecule has 0 spiro atoms. The Balaban J connectivity index is 2.01. The summed E-state index contributed by atoms with van der Waals surface area (Å²) in [6.07, 6.45) is 10.0. The molecule has 144 valence electrons. The van der Waals surface area contributed by atoms with Crippen LogP contribution in [0.25, 0.3) is 0 Å². The molecule has 1 aromatic heterocycles. The van der Waals surface area contributed by atoms with Crippen LogP contribution in [-0.4, -0.2) is 38.5 Å². The first-order valence-electron chi connectivity index (χ1n) is 10.0. The number of H-pyrrole nitrogens is 1. The topological polar surface area (TPSA) is 90.7 Å². The predicted molar refractivity (Wildman–Crippen MR) is 102 cm³/mol. The minimum absolute atomic E-state index is 0.0526. The van der Waals surface area contributed by atoms with E-state index in [1.807, 2.05) is 11.9 Å². The van der Waals surface area contributed by atoms with E-state index in [4.69, 9.17) is 0 Å². The Morgan fingerprint density at radius 3 is 2.31 bits per heavy atom. The van der Waals surface area contributed by atoms with Gasteiger partial charge in [-0.1, -0.05) is 39.0 Å². The Morgan fingerprint density at radius 1 is 1.08 bits per heavy atom. The van der Waals surface area contributed by atoms with Crippen molar-refractivity contribution in [1.82, 2.24) is 14.6 Å². The normalized spacial score (nSPS) is 20.2. The van der Waals surface area contributed by atoms with Gasteiger partial charge in [0.2, 0.25) is 5.88 Å². The lowest BCUT2D eigenvalue weighted by Gasteiger charge is -2.25. The zero-order chi connectivity index (χ0) is 18.5. The lowest BCUT2D eigenvalue weighted by atomic mass is 9.95. The van der Waals surface area contributed by atoms with Crippen LogP contribution in [-0.2, 0) is 0 Å². The van der Waals surface area contributed by atoms with Gasteiger partial charge in [0.15, 0.2) is 0 Å². The minimum Gasteiger partial charge on any atom is -0.494 e. The van der Waals surface area contributed by atoms with Crippen LogP contribution in [0.5, 0.6) is 5.88 Å². The summed E-state index contributed by atoms with van der Waals surface area (Å²) in [5, 5.41) is 17.5. The maximum Gasteiger partial charge on any atom is 0.331 e. The van der Waals surface area contributed by atoms with Crippen molar-refractivity contribution < 1.29 is 5.11 Å². The lowest BCUT2D eigenvalue weighted by molar-refractivity contribution is 0.294. The van der Waals surface area contributed by atoms with Gasteiger partial charge in [-0.25, -0.2) is 4.79 Å². The molecule has 1 aliphatic heterocycles. The number of hydrogen-bond donors (Lipinski definition) is 2. The molecule has 0 radical (unpaired) electrons. The SMILES string of the molecule is CC/C(=N\N1CCCCCC1)c1c(O)n(C2CCCCC2)c(=O)[nH]c1=O. The van der Waals surface area contributed by atoms with E-state index in [1.54, 1.807) is 0 Å². The molecule has 2 heterocycles. The van der Waals surface area contributed by atoms with E-state index >= 15 is 0 Å². The van der Waals surface area contributed by atoms with Gasteiger partial charge in [0.25, 0.3) is 5.56 Å². The molecule has 1 saturated carbocycles. The van der Waals surface area contributed by atoms with Gasteiger partial charge in [-0.2, -0.15) is 5.10 Å². The fourth-order valence-corrected chi connectivity index (χ4v) is 4.10. The number of rotatable bonds is 4. The highest BCUT2D eigenvalue weighted by Crippen LogP contribution is 2.30. The summed E-state index contributed by atoms with van der Waals surface area (Å²) in [7, 11) is 0. The van der Waals surface area contributed by atoms with E-state index in [9.17, 15) is 14.7 Å². The zero-order valence-corrected chi connectivity index (χ0v) is 15.7. The summed E-state index contributed by atoms with van der Waals surface area (Å²) < 4.78 is 1.38. The molecule has 1 aromatic rings. The molecule has 0 unspecified atom stereocenters. The van der Waals surface area contributed by atoms with Crippen molar-refractivity contribution in [3.8, 4) is 5.88 Å². The lowest BCUT2D eigenvalue weighted by Crippen LogP contribution is -2.37. The Labute approximate surface area is 153 Å². The minimum atomic E-state index is -0.546. The van der Waals surface area contributed by atoms with Gasteiger partial charge in [-0.3, -0.25) is 19.4 Å². The highest BCUT2D eigenvalue weighted by molar-refractivity contribution is 6.01. The maximum absolute atomic E-state index is 12.5. The molecule has 0 bridgehead atoms. The van der Waals surface area contributed by atoms with Crippen LogP contribution in [0, 0.1) is 0 Å². The second kappa shape index (κ2) is 8.56. The van der Waals surface area contributed by atoms with Crippen molar-refractivity contribution in [2.45, 2.75) is 77.2 Å². The zero-order valence-electron chi connectivity index (χ0n) is 15.7. The van der Waals surface area contributed by atoms with E-state index in [2.05, 4.69) is 10.1 Å². The highest BCUT2D eigenvalue weighted by atomic mass is 16.3. The third-order valence-electron chi connectivity index (χ3n) is 5.53. The second-order valence-corrected chi connectivity index (χ2v) is 7.39. The first kappa shape index (κ1) is 18.7. The number of hydrazone groups is 1. The van der Waals surface area contributed by atoms with Gasteiger partial charge >= 0.3 is 5.69 Å². The molecule has 3 rings (SSSR count). The van der Waals surface area contributed by atoms with Crippen LogP contribution in [0.4, 0.5) is 0 Å². The van der Waals surface area contributed by atoms with E-state index in [0.717, 1.165) is 58.0 Å². The Morgan fingerprint density at radius 2 is 1.69 bits per heavy atom. The summed E-state index contributed by atoms with van der Waals surface area (Å²) >= 11 is 0. The first-order chi connectivity index (χ1) is 12.6. The molecular formula is C19H30N4O3. The third-order valence-corrected chi connectivity index (χ3v) is 5.53. The number of hydrogen-bond acceptors (Lipinski definition) is 5. The van der Waals surface area contributed by atoms with Crippen LogP contribution >= 0.6 is 0 Å². The van der Waals surface area contributed by atoms with Gasteiger partial charge < -0.3 is 5.11 Å². The summed E-state index contributed by atoms with van der Waals surface area (Å²) in [5.74, 6) is -0.221. The second-order valence-electron chi connectivity index (χ2n) is 7.39.